The number of nitrogens with zero attached hydrogens (tertiary/aromatic N) is 2. The van der Waals surface area contributed by atoms with Gasteiger partial charge in [-0.15, -0.1) is 0 Å². The van der Waals surface area contributed by atoms with Gasteiger partial charge in [-0.05, 0) is 70.8 Å². The minimum atomic E-state index is 0.335. The monoisotopic (exact) mass is 483 g/mol. The van der Waals surface area contributed by atoms with Gasteiger partial charge in [-0.2, -0.15) is 5.26 Å². The third kappa shape index (κ3) is 4.49. The zero-order valence-electron chi connectivity index (χ0n) is 18.3. The van der Waals surface area contributed by atoms with E-state index in [0.717, 1.165) is 27.5 Å². The molecule has 0 aliphatic heterocycles. The van der Waals surface area contributed by atoms with Crippen molar-refractivity contribution in [3.05, 3.63) is 105 Å². The van der Waals surface area contributed by atoms with Gasteiger partial charge in [0.1, 0.15) is 18.5 Å². The van der Waals surface area contributed by atoms with Gasteiger partial charge in [0.05, 0.1) is 26.7 Å². The molecule has 0 amide bonds. The molecule has 0 aliphatic carbocycles. The van der Waals surface area contributed by atoms with Crippen molar-refractivity contribution >= 4 is 56.7 Å². The van der Waals surface area contributed by atoms with E-state index >= 15 is 0 Å². The standard InChI is InChI=1S/C28H19Cl2N3O/c1-17-6-9-25-26(10-17)33-28(32-25)22(15-31)12-19-13-23(29)27(24(30)14-19)34-16-18-7-8-20-4-2-3-5-21(20)11-18/h2-14H,16H2,1H3,(H,32,33). The van der Waals surface area contributed by atoms with E-state index in [-0.39, 0.29) is 0 Å². The van der Waals surface area contributed by atoms with Crippen LogP contribution in [-0.4, -0.2) is 9.97 Å². The number of halogens is 2. The Labute approximate surface area is 207 Å². The summed E-state index contributed by atoms with van der Waals surface area (Å²) in [6.45, 7) is 2.34. The van der Waals surface area contributed by atoms with Gasteiger partial charge in [0.25, 0.3) is 0 Å². The van der Waals surface area contributed by atoms with Gasteiger partial charge in [-0.3, -0.25) is 0 Å². The molecule has 0 fully saturated rings. The molecule has 0 unspecified atom stereocenters. The Kier molecular flexibility index (Phi) is 5.98. The average Bonchev–Trinajstić information content (AvgIpc) is 3.25. The van der Waals surface area contributed by atoms with Crippen molar-refractivity contribution in [2.75, 3.05) is 0 Å². The molecule has 4 aromatic carbocycles. The van der Waals surface area contributed by atoms with Crippen LogP contribution in [-0.2, 0) is 6.61 Å². The zero-order valence-corrected chi connectivity index (χ0v) is 19.8. The highest BCUT2D eigenvalue weighted by atomic mass is 35.5. The van der Waals surface area contributed by atoms with Crippen LogP contribution in [0.4, 0.5) is 0 Å². The summed E-state index contributed by atoms with van der Waals surface area (Å²) in [6.07, 6.45) is 1.70. The number of nitriles is 1. The molecule has 4 nitrogen and oxygen atoms in total. The first-order chi connectivity index (χ1) is 16.5. The van der Waals surface area contributed by atoms with Crippen LogP contribution in [0, 0.1) is 18.3 Å². The fraction of sp³-hybridized carbons (Fsp3) is 0.0714. The van der Waals surface area contributed by atoms with Gasteiger partial charge in [0.2, 0.25) is 0 Å². The van der Waals surface area contributed by atoms with E-state index in [1.807, 2.05) is 43.3 Å². The van der Waals surface area contributed by atoms with Crippen molar-refractivity contribution in [2.24, 2.45) is 0 Å². The highest BCUT2D eigenvalue weighted by Crippen LogP contribution is 2.36. The second kappa shape index (κ2) is 9.23. The third-order valence-corrected chi connectivity index (χ3v) is 6.10. The molecule has 0 aliphatic rings. The van der Waals surface area contributed by atoms with Crippen molar-refractivity contribution in [1.82, 2.24) is 9.97 Å². The largest absolute Gasteiger partial charge is 0.486 e. The highest BCUT2D eigenvalue weighted by Gasteiger charge is 2.13. The van der Waals surface area contributed by atoms with E-state index in [1.165, 1.54) is 5.39 Å². The number of imidazole rings is 1. The van der Waals surface area contributed by atoms with Crippen molar-refractivity contribution in [3.63, 3.8) is 0 Å². The summed E-state index contributed by atoms with van der Waals surface area (Å²) in [5, 5.41) is 12.8. The lowest BCUT2D eigenvalue weighted by atomic mass is 10.1. The van der Waals surface area contributed by atoms with Crippen LogP contribution in [0.1, 0.15) is 22.5 Å². The smallest absolute Gasteiger partial charge is 0.157 e. The molecular weight excluding hydrogens is 465 g/mol. The summed E-state index contributed by atoms with van der Waals surface area (Å²) < 4.78 is 5.96. The zero-order chi connectivity index (χ0) is 23.7. The van der Waals surface area contributed by atoms with Crippen LogP contribution in [0.25, 0.3) is 33.5 Å². The third-order valence-electron chi connectivity index (χ3n) is 5.54. The van der Waals surface area contributed by atoms with Gasteiger partial charge in [0, 0.05) is 0 Å². The number of nitrogens with one attached hydrogen (secondary N) is 1. The van der Waals surface area contributed by atoms with E-state index in [0.29, 0.717) is 39.4 Å². The van der Waals surface area contributed by atoms with E-state index in [2.05, 4.69) is 40.3 Å². The Hall–Kier alpha value is -3.78. The number of aromatic nitrogens is 2. The molecule has 1 aromatic heterocycles. The molecule has 0 radical (unpaired) electrons. The van der Waals surface area contributed by atoms with Crippen LogP contribution in [0.2, 0.25) is 10.0 Å². The number of rotatable bonds is 5. The predicted molar refractivity (Wildman–Crippen MR) is 139 cm³/mol. The van der Waals surface area contributed by atoms with E-state index in [9.17, 15) is 5.26 Å². The molecule has 0 bridgehead atoms. The van der Waals surface area contributed by atoms with Gasteiger partial charge in [0.15, 0.2) is 5.75 Å². The minimum Gasteiger partial charge on any atom is -0.486 e. The van der Waals surface area contributed by atoms with E-state index in [4.69, 9.17) is 27.9 Å². The summed E-state index contributed by atoms with van der Waals surface area (Å²) in [5.41, 5.74) is 4.87. The van der Waals surface area contributed by atoms with E-state index in [1.54, 1.807) is 18.2 Å². The Morgan fingerprint density at radius 3 is 2.53 bits per heavy atom. The molecular formula is C28H19Cl2N3O. The molecule has 1 heterocycles. The van der Waals surface area contributed by atoms with Crippen LogP contribution >= 0.6 is 23.2 Å². The molecule has 34 heavy (non-hydrogen) atoms. The van der Waals surface area contributed by atoms with Gasteiger partial charge in [-0.25, -0.2) is 4.98 Å². The second-order valence-electron chi connectivity index (χ2n) is 8.06. The number of allylic oxidation sites excluding steroid dienone is 1. The Morgan fingerprint density at radius 2 is 1.76 bits per heavy atom. The minimum absolute atomic E-state index is 0.335. The Bertz CT molecular complexity index is 1590. The lowest BCUT2D eigenvalue weighted by Crippen LogP contribution is -1.97. The summed E-state index contributed by atoms with van der Waals surface area (Å²) in [5.74, 6) is 0.901. The number of benzene rings is 4. The number of hydrogen-bond donors (Lipinski definition) is 1. The Morgan fingerprint density at radius 1 is 1.00 bits per heavy atom. The van der Waals surface area contributed by atoms with Gasteiger partial charge < -0.3 is 9.72 Å². The molecule has 0 atom stereocenters. The van der Waals surface area contributed by atoms with Crippen molar-refractivity contribution in [2.45, 2.75) is 13.5 Å². The van der Waals surface area contributed by atoms with Crippen LogP contribution in [0.15, 0.2) is 72.8 Å². The van der Waals surface area contributed by atoms with Crippen molar-refractivity contribution in [3.8, 4) is 11.8 Å². The molecule has 5 aromatic rings. The van der Waals surface area contributed by atoms with Crippen LogP contribution < -0.4 is 4.74 Å². The van der Waals surface area contributed by atoms with Crippen molar-refractivity contribution < 1.29 is 4.74 Å². The normalized spacial score (nSPS) is 11.6. The quantitative estimate of drug-likeness (QED) is 0.257. The number of H-pyrrole nitrogens is 1. The molecule has 0 saturated carbocycles. The topological polar surface area (TPSA) is 61.7 Å². The molecule has 1 N–H and O–H groups in total. The average molecular weight is 484 g/mol. The highest BCUT2D eigenvalue weighted by molar-refractivity contribution is 6.37. The lowest BCUT2D eigenvalue weighted by molar-refractivity contribution is 0.307. The van der Waals surface area contributed by atoms with Gasteiger partial charge >= 0.3 is 0 Å². The fourth-order valence-electron chi connectivity index (χ4n) is 3.86. The Balaban J connectivity index is 1.39. The molecule has 5 rings (SSSR count). The summed E-state index contributed by atoms with van der Waals surface area (Å²) in [7, 11) is 0. The first kappa shape index (κ1) is 22.0. The molecule has 166 valence electrons. The first-order valence-electron chi connectivity index (χ1n) is 10.7. The lowest BCUT2D eigenvalue weighted by Gasteiger charge is -2.12. The number of aromatic amines is 1. The maximum Gasteiger partial charge on any atom is 0.157 e. The van der Waals surface area contributed by atoms with Crippen LogP contribution in [0.3, 0.4) is 0 Å². The fourth-order valence-corrected chi connectivity index (χ4v) is 4.47. The number of ether oxygens (including phenoxy) is 1. The summed E-state index contributed by atoms with van der Waals surface area (Å²) in [6, 6.07) is 25.9. The van der Waals surface area contributed by atoms with Gasteiger partial charge in [-0.1, -0.05) is 65.7 Å². The molecule has 0 saturated heterocycles. The van der Waals surface area contributed by atoms with Crippen molar-refractivity contribution in [1.29, 1.82) is 5.26 Å². The first-order valence-corrected chi connectivity index (χ1v) is 11.4. The predicted octanol–water partition coefficient (Wildman–Crippen LogP) is 7.97. The SMILES string of the molecule is Cc1ccc2nc(C(C#N)=Cc3cc(Cl)c(OCc4ccc5ccccc5c4)c(Cl)c3)[nH]c2c1. The summed E-state index contributed by atoms with van der Waals surface area (Å²) >= 11 is 13.0. The number of aryl methyl sites for hydroxylation is 1. The summed E-state index contributed by atoms with van der Waals surface area (Å²) in [4.78, 5) is 7.74. The maximum atomic E-state index is 9.73. The maximum absolute atomic E-state index is 9.73. The molecule has 6 heteroatoms. The second-order valence-corrected chi connectivity index (χ2v) is 8.87. The molecule has 0 spiro atoms. The van der Waals surface area contributed by atoms with Crippen LogP contribution in [0.5, 0.6) is 5.75 Å². The van der Waals surface area contributed by atoms with E-state index < -0.39 is 0 Å². The number of fused-ring (bicyclic) bond motifs is 2. The number of hydrogen-bond acceptors (Lipinski definition) is 3.